The predicted molar refractivity (Wildman–Crippen MR) is 183 cm³/mol. The van der Waals surface area contributed by atoms with Crippen molar-refractivity contribution >= 4 is 29.3 Å². The molecule has 0 aliphatic heterocycles. The van der Waals surface area contributed by atoms with Crippen molar-refractivity contribution in [3.8, 4) is 17.2 Å². The van der Waals surface area contributed by atoms with Crippen molar-refractivity contribution in [3.05, 3.63) is 114 Å². The molecule has 4 aromatic rings. The number of benzene rings is 3. The fourth-order valence-corrected chi connectivity index (χ4v) is 4.84. The Morgan fingerprint density at radius 3 is 2.19 bits per heavy atom. The first-order valence-corrected chi connectivity index (χ1v) is 16.0. The monoisotopic (exact) mass is 651 g/mol. The van der Waals surface area contributed by atoms with Gasteiger partial charge < -0.3 is 24.8 Å². The van der Waals surface area contributed by atoms with E-state index in [9.17, 15) is 19.2 Å². The van der Waals surface area contributed by atoms with Crippen LogP contribution in [0.4, 0.5) is 5.69 Å². The number of pyridine rings is 1. The van der Waals surface area contributed by atoms with Gasteiger partial charge in [-0.1, -0.05) is 44.7 Å². The number of carbonyl (C=O) groups is 4. The van der Waals surface area contributed by atoms with Crippen LogP contribution in [0.3, 0.4) is 0 Å². The van der Waals surface area contributed by atoms with Crippen molar-refractivity contribution in [3.63, 3.8) is 0 Å². The van der Waals surface area contributed by atoms with Crippen LogP contribution < -0.4 is 24.8 Å². The van der Waals surface area contributed by atoms with Gasteiger partial charge in [0.25, 0.3) is 11.8 Å². The number of hydrogen-bond acceptors (Lipinski definition) is 8. The number of aromatic nitrogens is 1. The second kappa shape index (κ2) is 18.0. The molecule has 2 N–H and O–H groups in total. The minimum atomic E-state index is -0.823. The Balaban J connectivity index is 1.32. The predicted octanol–water partition coefficient (Wildman–Crippen LogP) is 6.84. The molecule has 10 heteroatoms. The molecule has 0 aliphatic carbocycles. The van der Waals surface area contributed by atoms with Crippen LogP contribution in [0.5, 0.6) is 17.2 Å². The Kier molecular flexibility index (Phi) is 13.2. The van der Waals surface area contributed by atoms with Gasteiger partial charge in [0.2, 0.25) is 0 Å². The maximum absolute atomic E-state index is 13.0. The van der Waals surface area contributed by atoms with Gasteiger partial charge in [-0.05, 0) is 98.1 Å². The van der Waals surface area contributed by atoms with Crippen molar-refractivity contribution < 1.29 is 33.4 Å². The number of Topliss-reactive ketones (excluding diaryl/α,β-unsaturated/α-hetero) is 1. The third-order valence-corrected chi connectivity index (χ3v) is 7.58. The number of amides is 2. The van der Waals surface area contributed by atoms with Crippen LogP contribution in [0.2, 0.25) is 0 Å². The first-order valence-electron chi connectivity index (χ1n) is 16.0. The Hall–Kier alpha value is -5.51. The first kappa shape index (κ1) is 35.3. The molecule has 0 bridgehead atoms. The Bertz CT molecular complexity index is 1670. The smallest absolute Gasteiger partial charge is 0.343 e. The number of ether oxygens (including phenoxy) is 3. The first-order chi connectivity index (χ1) is 23.3. The van der Waals surface area contributed by atoms with E-state index in [1.807, 2.05) is 0 Å². The van der Waals surface area contributed by atoms with Crippen LogP contribution in [-0.2, 0) is 11.2 Å². The quantitative estimate of drug-likeness (QED) is 0.0721. The zero-order valence-electron chi connectivity index (χ0n) is 27.5. The van der Waals surface area contributed by atoms with Gasteiger partial charge in [-0.3, -0.25) is 19.4 Å². The average Bonchev–Trinajstić information content (AvgIpc) is 3.10. The molecule has 1 heterocycles. The Morgan fingerprint density at radius 2 is 1.52 bits per heavy atom. The number of nitrogens with one attached hydrogen (secondary N) is 2. The lowest BCUT2D eigenvalue weighted by atomic mass is 10.0. The summed E-state index contributed by atoms with van der Waals surface area (Å²) >= 11 is 0. The summed E-state index contributed by atoms with van der Waals surface area (Å²) in [5.74, 6) is -0.386. The van der Waals surface area contributed by atoms with E-state index in [0.29, 0.717) is 40.5 Å². The highest BCUT2D eigenvalue weighted by molar-refractivity contribution is 6.03. The summed E-state index contributed by atoms with van der Waals surface area (Å²) in [5, 5.41) is 5.51. The SMILES string of the molecule is CCCCCCCOc1ccc(C(=O)Oc2ccc(CC(NC(=O)c3ccc(NC(=O)c4ccccn4)cc3)C(C)=O)cc2OC)cc1. The van der Waals surface area contributed by atoms with Crippen LogP contribution in [0, 0.1) is 0 Å². The molecule has 1 unspecified atom stereocenters. The molecule has 0 spiro atoms. The molecular weight excluding hydrogens is 610 g/mol. The summed E-state index contributed by atoms with van der Waals surface area (Å²) in [6.07, 6.45) is 7.47. The van der Waals surface area contributed by atoms with Crippen molar-refractivity contribution in [2.75, 3.05) is 19.0 Å². The highest BCUT2D eigenvalue weighted by atomic mass is 16.6. The molecule has 1 atom stereocenters. The van der Waals surface area contributed by atoms with E-state index in [1.165, 1.54) is 39.5 Å². The van der Waals surface area contributed by atoms with E-state index in [0.717, 1.165) is 12.8 Å². The van der Waals surface area contributed by atoms with Crippen LogP contribution in [0.15, 0.2) is 91.1 Å². The zero-order valence-corrected chi connectivity index (χ0v) is 27.5. The number of methoxy groups -OCH3 is 1. The molecule has 10 nitrogen and oxygen atoms in total. The summed E-state index contributed by atoms with van der Waals surface area (Å²) in [6.45, 7) is 4.22. The summed E-state index contributed by atoms with van der Waals surface area (Å²) in [6, 6.07) is 22.3. The zero-order chi connectivity index (χ0) is 34.3. The van der Waals surface area contributed by atoms with Crippen molar-refractivity contribution in [2.24, 2.45) is 0 Å². The molecule has 0 saturated heterocycles. The molecule has 1 aromatic heterocycles. The van der Waals surface area contributed by atoms with Gasteiger partial charge in [-0.25, -0.2) is 4.79 Å². The lowest BCUT2D eigenvalue weighted by Crippen LogP contribution is -2.41. The average molecular weight is 652 g/mol. The molecule has 250 valence electrons. The second-order valence-electron chi connectivity index (χ2n) is 11.2. The van der Waals surface area contributed by atoms with Crippen LogP contribution in [0.25, 0.3) is 0 Å². The molecule has 0 fully saturated rings. The molecule has 2 amide bonds. The lowest BCUT2D eigenvalue weighted by molar-refractivity contribution is -0.118. The summed E-state index contributed by atoms with van der Waals surface area (Å²) in [5.41, 5.74) is 2.13. The molecule has 48 heavy (non-hydrogen) atoms. The van der Waals surface area contributed by atoms with Gasteiger partial charge in [-0.2, -0.15) is 0 Å². The van der Waals surface area contributed by atoms with E-state index in [2.05, 4.69) is 22.5 Å². The van der Waals surface area contributed by atoms with E-state index in [-0.39, 0.29) is 29.6 Å². The van der Waals surface area contributed by atoms with Crippen molar-refractivity contribution in [1.29, 1.82) is 0 Å². The topological polar surface area (TPSA) is 133 Å². The molecule has 4 rings (SSSR count). The van der Waals surface area contributed by atoms with Gasteiger partial charge >= 0.3 is 5.97 Å². The number of esters is 1. The largest absolute Gasteiger partial charge is 0.494 e. The number of nitrogens with zero attached hydrogens (tertiary/aromatic N) is 1. The van der Waals surface area contributed by atoms with Crippen molar-refractivity contribution in [1.82, 2.24) is 10.3 Å². The summed E-state index contributed by atoms with van der Waals surface area (Å²) < 4.78 is 16.9. The van der Waals surface area contributed by atoms with Crippen LogP contribution >= 0.6 is 0 Å². The molecule has 0 saturated carbocycles. The number of hydrogen-bond donors (Lipinski definition) is 2. The minimum absolute atomic E-state index is 0.184. The fourth-order valence-electron chi connectivity index (χ4n) is 4.84. The molecule has 0 aliphatic rings. The number of ketones is 1. The van der Waals surface area contributed by atoms with Crippen molar-refractivity contribution in [2.45, 2.75) is 58.4 Å². The number of anilines is 1. The fraction of sp³-hybridized carbons (Fsp3) is 0.289. The lowest BCUT2D eigenvalue weighted by Gasteiger charge is -2.17. The standard InChI is InChI=1S/C38H41N3O7/c1-4-5-6-7-10-23-47-31-19-15-29(16-20-31)38(45)48-34-21-12-27(25-35(34)46-3)24-33(26(2)42)41-36(43)28-13-17-30(18-14-28)40-37(44)32-11-8-9-22-39-32/h8-9,11-22,25,33H,4-7,10,23-24H2,1-3H3,(H,40,44)(H,41,43). The van der Waals surface area contributed by atoms with E-state index < -0.39 is 17.9 Å². The van der Waals surface area contributed by atoms with E-state index in [4.69, 9.17) is 14.2 Å². The van der Waals surface area contributed by atoms with Crippen LogP contribution in [0.1, 0.15) is 82.7 Å². The Morgan fingerprint density at radius 1 is 0.792 bits per heavy atom. The van der Waals surface area contributed by atoms with Gasteiger partial charge in [0.1, 0.15) is 11.4 Å². The molecule has 3 aromatic carbocycles. The summed E-state index contributed by atoms with van der Waals surface area (Å²) in [4.78, 5) is 54.8. The molecule has 0 radical (unpaired) electrons. The summed E-state index contributed by atoms with van der Waals surface area (Å²) in [7, 11) is 1.46. The van der Waals surface area contributed by atoms with Gasteiger partial charge in [-0.15, -0.1) is 0 Å². The normalized spacial score (nSPS) is 11.2. The highest BCUT2D eigenvalue weighted by Crippen LogP contribution is 2.30. The van der Waals surface area contributed by atoms with E-state index >= 15 is 0 Å². The third-order valence-electron chi connectivity index (χ3n) is 7.58. The number of unbranched alkanes of at least 4 members (excludes halogenated alkanes) is 4. The van der Waals surface area contributed by atoms with Gasteiger partial charge in [0.05, 0.1) is 25.3 Å². The maximum atomic E-state index is 13.0. The van der Waals surface area contributed by atoms with Crippen LogP contribution in [-0.4, -0.2) is 48.3 Å². The third kappa shape index (κ3) is 10.5. The molecular formula is C38H41N3O7. The highest BCUT2D eigenvalue weighted by Gasteiger charge is 2.21. The Labute approximate surface area is 280 Å². The minimum Gasteiger partial charge on any atom is -0.494 e. The maximum Gasteiger partial charge on any atom is 0.343 e. The van der Waals surface area contributed by atoms with E-state index in [1.54, 1.807) is 84.9 Å². The number of carbonyl (C=O) groups excluding carboxylic acids is 4. The number of rotatable bonds is 17. The van der Waals surface area contributed by atoms with Gasteiger partial charge in [0.15, 0.2) is 17.3 Å². The van der Waals surface area contributed by atoms with Gasteiger partial charge in [0, 0.05) is 17.4 Å². The second-order valence-corrected chi connectivity index (χ2v) is 11.2.